The van der Waals surface area contributed by atoms with E-state index in [4.69, 9.17) is 0 Å². The molecule has 1 N–H and O–H groups in total. The lowest BCUT2D eigenvalue weighted by atomic mass is 10.4. The molecule has 0 heterocycles. The molecule has 0 aromatic heterocycles. The fourth-order valence-electron chi connectivity index (χ4n) is 1.00. The van der Waals surface area contributed by atoms with Crippen LogP contribution in [0.3, 0.4) is 0 Å². The Morgan fingerprint density at radius 2 is 2.00 bits per heavy atom. The van der Waals surface area contributed by atoms with Gasteiger partial charge in [-0.25, -0.2) is 8.42 Å². The number of carbonyl (C=O) groups excluding carboxylic acids is 1. The van der Waals surface area contributed by atoms with Crippen LogP contribution in [0, 0.1) is 0 Å². The van der Waals surface area contributed by atoms with Crippen LogP contribution in [0.25, 0.3) is 0 Å². The zero-order valence-corrected chi connectivity index (χ0v) is 11.6. The number of amides is 1. The van der Waals surface area contributed by atoms with Gasteiger partial charge in [0.2, 0.25) is 15.9 Å². The number of halogens is 1. The normalized spacial score (nSPS) is 12.1. The van der Waals surface area contributed by atoms with Gasteiger partial charge in [0.25, 0.3) is 0 Å². The molecular weight excluding hydrogens is 284 g/mol. The molecule has 0 spiro atoms. The van der Waals surface area contributed by atoms with Crippen LogP contribution in [0.5, 0.6) is 0 Å². The second kappa shape index (κ2) is 6.44. The molecule has 0 saturated heterocycles. The Labute approximate surface area is 99.4 Å². The highest BCUT2D eigenvalue weighted by atomic mass is 79.9. The summed E-state index contributed by atoms with van der Waals surface area (Å²) in [4.78, 5) is 11.4. The zero-order chi connectivity index (χ0) is 12.1. The smallest absolute Gasteiger partial charge is 0.235 e. The number of carbonyl (C=O) groups is 1. The molecule has 0 aliphatic carbocycles. The van der Waals surface area contributed by atoms with Gasteiger partial charge >= 0.3 is 0 Å². The van der Waals surface area contributed by atoms with Crippen molar-refractivity contribution in [1.29, 1.82) is 0 Å². The number of hydrogen-bond donors (Lipinski definition) is 1. The molecule has 0 bridgehead atoms. The minimum Gasteiger partial charge on any atom is -0.353 e. The number of rotatable bonds is 6. The van der Waals surface area contributed by atoms with Crippen molar-refractivity contribution in [2.45, 2.75) is 26.8 Å². The molecular formula is C8H17BrN2O3S. The first kappa shape index (κ1) is 14.9. The van der Waals surface area contributed by atoms with E-state index in [1.165, 1.54) is 0 Å². The van der Waals surface area contributed by atoms with E-state index in [2.05, 4.69) is 21.2 Å². The van der Waals surface area contributed by atoms with Crippen molar-refractivity contribution in [3.05, 3.63) is 0 Å². The second-order valence-corrected chi connectivity index (χ2v) is 6.64. The van der Waals surface area contributed by atoms with Crippen LogP contribution >= 0.6 is 15.9 Å². The summed E-state index contributed by atoms with van der Waals surface area (Å²) in [6.45, 7) is 5.52. The molecule has 0 aliphatic rings. The van der Waals surface area contributed by atoms with Gasteiger partial charge in [0.15, 0.2) is 0 Å². The van der Waals surface area contributed by atoms with E-state index in [1.54, 1.807) is 6.92 Å². The summed E-state index contributed by atoms with van der Waals surface area (Å²) < 4.78 is 23.9. The fraction of sp³-hybridized carbons (Fsp3) is 0.875. The third kappa shape index (κ3) is 5.48. The highest BCUT2D eigenvalue weighted by Gasteiger charge is 2.21. The summed E-state index contributed by atoms with van der Waals surface area (Å²) in [6, 6.07) is 0.0166. The van der Waals surface area contributed by atoms with E-state index in [-0.39, 0.29) is 23.2 Å². The van der Waals surface area contributed by atoms with Crippen LogP contribution < -0.4 is 5.32 Å². The van der Waals surface area contributed by atoms with Crippen LogP contribution in [0.4, 0.5) is 0 Å². The van der Waals surface area contributed by atoms with Crippen molar-refractivity contribution in [1.82, 2.24) is 9.62 Å². The molecule has 7 heteroatoms. The molecule has 0 saturated carbocycles. The Hall–Kier alpha value is -0.140. The third-order valence-electron chi connectivity index (χ3n) is 1.65. The molecule has 0 radical (unpaired) electrons. The maximum absolute atomic E-state index is 11.5. The predicted octanol–water partition coefficient (Wildman–Crippen LogP) is 0.515. The molecule has 0 aromatic carbocycles. The second-order valence-electron chi connectivity index (χ2n) is 3.37. The Morgan fingerprint density at radius 3 is 2.33 bits per heavy atom. The minimum atomic E-state index is -3.35. The molecule has 0 rings (SSSR count). The average molecular weight is 301 g/mol. The van der Waals surface area contributed by atoms with Gasteiger partial charge in [-0.15, -0.1) is 0 Å². The maximum atomic E-state index is 11.5. The summed E-state index contributed by atoms with van der Waals surface area (Å²) in [5.74, 6) is -0.281. The van der Waals surface area contributed by atoms with Crippen molar-refractivity contribution in [3.63, 3.8) is 0 Å². The van der Waals surface area contributed by atoms with Gasteiger partial charge in [0.05, 0.1) is 6.54 Å². The monoisotopic (exact) mass is 300 g/mol. The Kier molecular flexibility index (Phi) is 6.38. The summed E-state index contributed by atoms with van der Waals surface area (Å²) >= 11 is 2.89. The van der Waals surface area contributed by atoms with Crippen molar-refractivity contribution < 1.29 is 13.2 Å². The van der Waals surface area contributed by atoms with E-state index < -0.39 is 10.0 Å². The largest absolute Gasteiger partial charge is 0.353 e. The van der Waals surface area contributed by atoms with Crippen LogP contribution in [-0.4, -0.2) is 42.4 Å². The molecule has 15 heavy (non-hydrogen) atoms. The Balaban J connectivity index is 4.41. The molecule has 0 fully saturated rings. The van der Waals surface area contributed by atoms with Crippen molar-refractivity contribution >= 4 is 31.9 Å². The molecule has 0 aliphatic heterocycles. The number of alkyl halides is 1. The highest BCUT2D eigenvalue weighted by Crippen LogP contribution is 2.04. The summed E-state index contributed by atoms with van der Waals surface area (Å²) in [6.07, 6.45) is 0. The van der Waals surface area contributed by atoms with Gasteiger partial charge < -0.3 is 5.32 Å². The van der Waals surface area contributed by atoms with Crippen LogP contribution in [-0.2, 0) is 14.8 Å². The summed E-state index contributed by atoms with van der Waals surface area (Å²) in [5, 5.41) is 2.64. The quantitative estimate of drug-likeness (QED) is 0.727. The third-order valence-corrected chi connectivity index (χ3v) is 4.84. The lowest BCUT2D eigenvalue weighted by Crippen LogP contribution is -2.42. The fourth-order valence-corrected chi connectivity index (χ4v) is 2.72. The van der Waals surface area contributed by atoms with E-state index in [0.29, 0.717) is 6.54 Å². The van der Waals surface area contributed by atoms with Crippen molar-refractivity contribution in [3.8, 4) is 0 Å². The van der Waals surface area contributed by atoms with E-state index in [1.807, 2.05) is 13.8 Å². The molecule has 0 unspecified atom stereocenters. The lowest BCUT2D eigenvalue weighted by Gasteiger charge is -2.19. The van der Waals surface area contributed by atoms with Crippen molar-refractivity contribution in [2.24, 2.45) is 0 Å². The van der Waals surface area contributed by atoms with Gasteiger partial charge in [-0.05, 0) is 13.8 Å². The zero-order valence-electron chi connectivity index (χ0n) is 9.16. The van der Waals surface area contributed by atoms with Gasteiger partial charge in [-0.1, -0.05) is 22.9 Å². The van der Waals surface area contributed by atoms with E-state index in [0.717, 1.165) is 4.31 Å². The number of hydrogen-bond acceptors (Lipinski definition) is 3. The van der Waals surface area contributed by atoms with Crippen molar-refractivity contribution in [2.75, 3.05) is 17.8 Å². The number of likely N-dealkylation sites (N-methyl/N-ethyl adjacent to an activating group) is 1. The molecule has 1 amide bonds. The molecule has 90 valence electrons. The minimum absolute atomic E-state index is 0.0166. The van der Waals surface area contributed by atoms with Gasteiger partial charge in [0, 0.05) is 12.6 Å². The topological polar surface area (TPSA) is 66.5 Å². The molecule has 0 aromatic rings. The van der Waals surface area contributed by atoms with Crippen LogP contribution in [0.2, 0.25) is 0 Å². The predicted molar refractivity (Wildman–Crippen MR) is 63.2 cm³/mol. The first-order valence-corrected chi connectivity index (χ1v) is 7.39. The van der Waals surface area contributed by atoms with Gasteiger partial charge in [-0.3, -0.25) is 4.79 Å². The maximum Gasteiger partial charge on any atom is 0.235 e. The lowest BCUT2D eigenvalue weighted by molar-refractivity contribution is -0.121. The highest BCUT2D eigenvalue weighted by molar-refractivity contribution is 9.10. The molecule has 5 nitrogen and oxygen atoms in total. The summed E-state index contributed by atoms with van der Waals surface area (Å²) in [5.41, 5.74) is 0. The standard InChI is InChI=1S/C8H17BrN2O3S/c1-4-11(15(13,14)6-9)5-8(12)10-7(2)3/h7H,4-6H2,1-3H3,(H,10,12). The number of sulfonamides is 1. The van der Waals surface area contributed by atoms with E-state index in [9.17, 15) is 13.2 Å². The summed E-state index contributed by atoms with van der Waals surface area (Å²) in [7, 11) is -3.35. The van der Waals surface area contributed by atoms with Crippen LogP contribution in [0.1, 0.15) is 20.8 Å². The van der Waals surface area contributed by atoms with E-state index >= 15 is 0 Å². The van der Waals surface area contributed by atoms with Gasteiger partial charge in [0.1, 0.15) is 4.66 Å². The van der Waals surface area contributed by atoms with Crippen LogP contribution in [0.15, 0.2) is 0 Å². The number of nitrogens with zero attached hydrogens (tertiary/aromatic N) is 1. The average Bonchev–Trinajstić information content (AvgIpc) is 2.12. The van der Waals surface area contributed by atoms with Gasteiger partial charge in [-0.2, -0.15) is 4.31 Å². The Morgan fingerprint density at radius 1 is 1.47 bits per heavy atom. The first-order valence-electron chi connectivity index (χ1n) is 4.66. The first-order chi connectivity index (χ1) is 6.83. The molecule has 0 atom stereocenters. The SMILES string of the molecule is CCN(CC(=O)NC(C)C)S(=O)(=O)CBr. The number of nitrogens with one attached hydrogen (secondary N) is 1. The Bertz CT molecular complexity index is 303.